The van der Waals surface area contributed by atoms with Crippen LogP contribution in [0.1, 0.15) is 6.42 Å². The van der Waals surface area contributed by atoms with Crippen molar-refractivity contribution in [2.75, 3.05) is 0 Å². The van der Waals surface area contributed by atoms with Gasteiger partial charge in [0.2, 0.25) is 0 Å². The fourth-order valence-electron chi connectivity index (χ4n) is 0.368. The predicted octanol–water partition coefficient (Wildman–Crippen LogP) is 0.537. The number of halogens is 1. The van der Waals surface area contributed by atoms with Crippen LogP contribution >= 0.6 is 17.0 Å². The van der Waals surface area contributed by atoms with Crippen molar-refractivity contribution in [1.29, 1.82) is 0 Å². The molecule has 0 aromatic heterocycles. The van der Waals surface area contributed by atoms with Crippen LogP contribution in [0.5, 0.6) is 0 Å². The maximum absolute atomic E-state index is 10.1. The van der Waals surface area contributed by atoms with Crippen LogP contribution in [0.15, 0.2) is 0 Å². The number of carbonyl (C=O) groups is 1. The second-order valence-electron chi connectivity index (χ2n) is 1.73. The van der Waals surface area contributed by atoms with Gasteiger partial charge >= 0.3 is 60.2 Å². The van der Waals surface area contributed by atoms with Gasteiger partial charge in [-0.2, -0.15) is 0 Å². The summed E-state index contributed by atoms with van der Waals surface area (Å²) in [5, 5.41) is 9.25. The molecule has 3 N–H and O–H groups in total. The predicted molar refractivity (Wildman–Crippen MR) is 47.0 cm³/mol. The third-order valence-corrected chi connectivity index (χ3v) is 2.30. The summed E-state index contributed by atoms with van der Waals surface area (Å²) in [5.74, 6) is 1.18. The molecule has 0 saturated heterocycles. The molecule has 62 valence electrons. The molecule has 0 heterocycles. The molecular weight excluding hydrogens is 265 g/mol. The van der Waals surface area contributed by atoms with Crippen LogP contribution in [-0.2, 0) is 4.79 Å². The Kier molecular flexibility index (Phi) is 9.83. The van der Waals surface area contributed by atoms with E-state index in [-0.39, 0.29) is 17.0 Å². The molecule has 0 rings (SSSR count). The number of carboxylic acids is 1. The molecule has 0 radical (unpaired) electrons. The first-order valence-electron chi connectivity index (χ1n) is 2.65. The van der Waals surface area contributed by atoms with Gasteiger partial charge in [0.05, 0.1) is 0 Å². The van der Waals surface area contributed by atoms with Crippen LogP contribution < -0.4 is 5.73 Å². The molecule has 0 amide bonds. The number of rotatable bonds is 4. The van der Waals surface area contributed by atoms with Crippen LogP contribution in [0.3, 0.4) is 0 Å². The van der Waals surface area contributed by atoms with Crippen LogP contribution in [-0.4, -0.2) is 32.1 Å². The first-order chi connectivity index (χ1) is 4.18. The quantitative estimate of drug-likeness (QED) is 0.737. The summed E-state index contributed by atoms with van der Waals surface area (Å²) < 4.78 is 0. The van der Waals surface area contributed by atoms with E-state index in [0.717, 1.165) is 5.32 Å². The first-order valence-corrected chi connectivity index (χ1v) is 5.58. The summed E-state index contributed by atoms with van der Waals surface area (Å²) in [4.78, 5) is 10.1. The van der Waals surface area contributed by atoms with Gasteiger partial charge < -0.3 is 0 Å². The molecule has 0 bridgehead atoms. The van der Waals surface area contributed by atoms with Gasteiger partial charge in [0, 0.05) is 0 Å². The van der Waals surface area contributed by atoms with E-state index in [1.54, 1.807) is 0 Å². The van der Waals surface area contributed by atoms with Crippen molar-refractivity contribution in [2.45, 2.75) is 23.6 Å². The number of nitrogens with two attached hydrogens (primary N) is 1. The standard InChI is InChI=1S/C5H11NO2Se.BrH/c1-9-3-2-4(6)5(7)8;/h4H,2-3,6H2,1H3,(H,7,8);1H/t4-;/m0./s1. The van der Waals surface area contributed by atoms with Crippen LogP contribution in [0.25, 0.3) is 0 Å². The van der Waals surface area contributed by atoms with E-state index >= 15 is 0 Å². The van der Waals surface area contributed by atoms with E-state index in [1.807, 2.05) is 0 Å². The molecular formula is C5H12BrNO2Se. The van der Waals surface area contributed by atoms with E-state index in [9.17, 15) is 4.79 Å². The summed E-state index contributed by atoms with van der Waals surface area (Å²) in [5.41, 5.74) is 5.21. The fraction of sp³-hybridized carbons (Fsp3) is 0.800. The van der Waals surface area contributed by atoms with Crippen LogP contribution in [0.4, 0.5) is 0 Å². The Morgan fingerprint density at radius 1 is 1.80 bits per heavy atom. The summed E-state index contributed by atoms with van der Waals surface area (Å²) >= 11 is 0.549. The molecule has 1 atom stereocenters. The summed E-state index contributed by atoms with van der Waals surface area (Å²) in [6.45, 7) is 0. The Balaban J connectivity index is 0. The SMILES string of the molecule is Br.C[Se]CC[C@H](N)C(=O)O. The third-order valence-electron chi connectivity index (χ3n) is 0.950. The molecule has 0 fully saturated rings. The zero-order valence-corrected chi connectivity index (χ0v) is 9.17. The Labute approximate surface area is 77.3 Å². The Hall–Kier alpha value is 0.429. The molecule has 0 aliphatic carbocycles. The van der Waals surface area contributed by atoms with Gasteiger partial charge in [-0.25, -0.2) is 0 Å². The molecule has 0 unspecified atom stereocenters. The summed E-state index contributed by atoms with van der Waals surface area (Å²) in [6.07, 6.45) is 0.617. The normalized spacial score (nSPS) is 11.8. The molecule has 0 aliphatic rings. The van der Waals surface area contributed by atoms with Gasteiger partial charge in [-0.15, -0.1) is 17.0 Å². The van der Waals surface area contributed by atoms with Gasteiger partial charge in [0.25, 0.3) is 0 Å². The second kappa shape index (κ2) is 7.54. The molecule has 0 spiro atoms. The van der Waals surface area contributed by atoms with Crippen LogP contribution in [0.2, 0.25) is 11.1 Å². The number of aliphatic carboxylic acids is 1. The van der Waals surface area contributed by atoms with Gasteiger partial charge in [-0.3, -0.25) is 0 Å². The van der Waals surface area contributed by atoms with E-state index in [0.29, 0.717) is 21.4 Å². The van der Waals surface area contributed by atoms with Gasteiger partial charge in [0.1, 0.15) is 0 Å². The van der Waals surface area contributed by atoms with Crippen molar-refractivity contribution in [2.24, 2.45) is 5.73 Å². The molecule has 3 nitrogen and oxygen atoms in total. The summed E-state index contributed by atoms with van der Waals surface area (Å²) in [6, 6.07) is -0.646. The van der Waals surface area contributed by atoms with E-state index < -0.39 is 12.0 Å². The number of carboxylic acid groups (broad SMARTS) is 1. The zero-order valence-electron chi connectivity index (χ0n) is 5.74. The van der Waals surface area contributed by atoms with Crippen molar-refractivity contribution < 1.29 is 9.90 Å². The molecule has 0 aromatic rings. The first kappa shape index (κ1) is 13.1. The van der Waals surface area contributed by atoms with E-state index in [2.05, 4.69) is 5.82 Å². The third kappa shape index (κ3) is 6.55. The average molecular weight is 277 g/mol. The Morgan fingerprint density at radius 3 is 2.60 bits per heavy atom. The maximum atomic E-state index is 10.1. The van der Waals surface area contributed by atoms with Gasteiger partial charge in [0.15, 0.2) is 0 Å². The average Bonchev–Trinajstić information content (AvgIpc) is 1.82. The number of hydrogen-bond donors (Lipinski definition) is 2. The molecule has 0 saturated carbocycles. The van der Waals surface area contributed by atoms with Gasteiger partial charge in [-0.1, -0.05) is 0 Å². The molecule has 0 aromatic carbocycles. The van der Waals surface area contributed by atoms with E-state index in [4.69, 9.17) is 10.8 Å². The molecule has 5 heteroatoms. The Bertz CT molecular complexity index is 102. The van der Waals surface area contributed by atoms with Gasteiger partial charge in [-0.05, 0) is 0 Å². The van der Waals surface area contributed by atoms with Crippen LogP contribution in [0, 0.1) is 0 Å². The van der Waals surface area contributed by atoms with Crippen molar-refractivity contribution in [3.63, 3.8) is 0 Å². The van der Waals surface area contributed by atoms with E-state index in [1.165, 1.54) is 0 Å². The molecule has 0 aliphatic heterocycles. The summed E-state index contributed by atoms with van der Waals surface area (Å²) in [7, 11) is 0. The van der Waals surface area contributed by atoms with Crippen molar-refractivity contribution in [3.8, 4) is 0 Å². The number of hydrogen-bond acceptors (Lipinski definition) is 2. The second-order valence-corrected chi connectivity index (χ2v) is 3.79. The fourth-order valence-corrected chi connectivity index (χ4v) is 1.40. The van der Waals surface area contributed by atoms with Crippen molar-refractivity contribution >= 4 is 37.9 Å². The topological polar surface area (TPSA) is 63.3 Å². The minimum absolute atomic E-state index is 0. The minimum atomic E-state index is -0.890. The van der Waals surface area contributed by atoms with Crippen molar-refractivity contribution in [3.05, 3.63) is 0 Å². The van der Waals surface area contributed by atoms with Crippen molar-refractivity contribution in [1.82, 2.24) is 0 Å². The molecule has 10 heavy (non-hydrogen) atoms. The monoisotopic (exact) mass is 277 g/mol. The Morgan fingerprint density at radius 2 is 2.30 bits per heavy atom. The zero-order chi connectivity index (χ0) is 7.28.